The van der Waals surface area contributed by atoms with Crippen molar-refractivity contribution in [2.75, 3.05) is 7.11 Å². The van der Waals surface area contributed by atoms with Gasteiger partial charge in [-0.05, 0) is 77.5 Å². The average Bonchev–Trinajstić information content (AvgIpc) is 3.09. The molecule has 1 fully saturated rings. The van der Waals surface area contributed by atoms with Gasteiger partial charge in [0.1, 0.15) is 16.4 Å². The first-order valence-corrected chi connectivity index (χ1v) is 13.0. The first kappa shape index (κ1) is 25.1. The molecule has 11 heteroatoms. The molecule has 0 N–H and O–H groups in total. The molecule has 4 rings (SSSR count). The van der Waals surface area contributed by atoms with E-state index in [4.69, 9.17) is 32.1 Å². The van der Waals surface area contributed by atoms with Gasteiger partial charge in [0.2, 0.25) is 0 Å². The fourth-order valence-electron chi connectivity index (χ4n) is 3.14. The van der Waals surface area contributed by atoms with E-state index >= 15 is 0 Å². The molecule has 0 saturated carbocycles. The van der Waals surface area contributed by atoms with E-state index in [-0.39, 0.29) is 22.1 Å². The Kier molecular flexibility index (Phi) is 7.42. The monoisotopic (exact) mass is 549 g/mol. The molecular formula is C24H17Cl2NO6S2. The van der Waals surface area contributed by atoms with Gasteiger partial charge >= 0.3 is 10.1 Å². The maximum atomic E-state index is 12.8. The van der Waals surface area contributed by atoms with Gasteiger partial charge in [-0.1, -0.05) is 41.4 Å². The molecule has 0 aliphatic carbocycles. The van der Waals surface area contributed by atoms with Crippen LogP contribution < -0.4 is 8.92 Å². The topological polar surface area (TPSA) is 90.0 Å². The molecule has 7 nitrogen and oxygen atoms in total. The Morgan fingerprint density at radius 1 is 0.943 bits per heavy atom. The van der Waals surface area contributed by atoms with E-state index in [1.54, 1.807) is 36.4 Å². The van der Waals surface area contributed by atoms with Crippen molar-refractivity contribution in [2.45, 2.75) is 11.4 Å². The van der Waals surface area contributed by atoms with Crippen LogP contribution in [0.15, 0.2) is 76.5 Å². The van der Waals surface area contributed by atoms with E-state index in [1.165, 1.54) is 43.5 Å². The van der Waals surface area contributed by atoms with Gasteiger partial charge in [-0.3, -0.25) is 14.5 Å². The van der Waals surface area contributed by atoms with Crippen LogP contribution in [0, 0.1) is 0 Å². The largest absolute Gasteiger partial charge is 0.497 e. The number of halogens is 2. The third-order valence-electron chi connectivity index (χ3n) is 4.95. The highest BCUT2D eigenvalue weighted by Gasteiger charge is 2.35. The second-order valence-corrected chi connectivity index (χ2v) is 10.7. The summed E-state index contributed by atoms with van der Waals surface area (Å²) < 4.78 is 35.2. The molecule has 1 aliphatic rings. The summed E-state index contributed by atoms with van der Waals surface area (Å²) in [5.74, 6) is 0.172. The van der Waals surface area contributed by atoms with Crippen molar-refractivity contribution in [1.29, 1.82) is 0 Å². The van der Waals surface area contributed by atoms with Gasteiger partial charge in [0, 0.05) is 10.0 Å². The highest BCUT2D eigenvalue weighted by atomic mass is 35.5. The van der Waals surface area contributed by atoms with E-state index in [0.29, 0.717) is 26.9 Å². The predicted molar refractivity (Wildman–Crippen MR) is 135 cm³/mol. The number of imide groups is 1. The van der Waals surface area contributed by atoms with Gasteiger partial charge in [0.05, 0.1) is 18.6 Å². The Morgan fingerprint density at radius 3 is 2.23 bits per heavy atom. The van der Waals surface area contributed by atoms with Crippen molar-refractivity contribution in [3.8, 4) is 11.5 Å². The Hall–Kier alpha value is -2.98. The van der Waals surface area contributed by atoms with Crippen molar-refractivity contribution < 1.29 is 26.9 Å². The van der Waals surface area contributed by atoms with Crippen molar-refractivity contribution in [1.82, 2.24) is 4.90 Å². The average molecular weight is 550 g/mol. The summed E-state index contributed by atoms with van der Waals surface area (Å²) in [7, 11) is -2.55. The zero-order valence-electron chi connectivity index (χ0n) is 18.1. The number of carbonyl (C=O) groups is 2. The lowest BCUT2D eigenvalue weighted by Crippen LogP contribution is -2.27. The molecule has 1 heterocycles. The number of carbonyl (C=O) groups excluding carboxylic acids is 2. The van der Waals surface area contributed by atoms with Crippen LogP contribution in [0.5, 0.6) is 11.5 Å². The number of hydrogen-bond acceptors (Lipinski definition) is 7. The van der Waals surface area contributed by atoms with Gasteiger partial charge in [-0.15, -0.1) is 0 Å². The number of benzene rings is 3. The SMILES string of the molecule is COc1ccc(S(=O)(=O)Oc2ccc(/C=C3\SC(=O)N(Cc4ccc(Cl)cc4Cl)C3=O)cc2)cc1. The molecule has 3 aromatic rings. The number of methoxy groups -OCH3 is 1. The first-order chi connectivity index (χ1) is 16.7. The Morgan fingerprint density at radius 2 is 1.60 bits per heavy atom. The van der Waals surface area contributed by atoms with Gasteiger partial charge in [-0.25, -0.2) is 0 Å². The summed E-state index contributed by atoms with van der Waals surface area (Å²) >= 11 is 12.9. The van der Waals surface area contributed by atoms with E-state index in [0.717, 1.165) is 16.7 Å². The van der Waals surface area contributed by atoms with E-state index in [9.17, 15) is 18.0 Å². The number of amides is 2. The molecular weight excluding hydrogens is 533 g/mol. The van der Waals surface area contributed by atoms with E-state index < -0.39 is 21.3 Å². The molecule has 0 bridgehead atoms. The summed E-state index contributed by atoms with van der Waals surface area (Å²) in [5, 5.41) is 0.399. The zero-order chi connectivity index (χ0) is 25.2. The van der Waals surface area contributed by atoms with Crippen LogP contribution in [0.3, 0.4) is 0 Å². The summed E-state index contributed by atoms with van der Waals surface area (Å²) in [4.78, 5) is 26.5. The minimum Gasteiger partial charge on any atom is -0.497 e. The lowest BCUT2D eigenvalue weighted by Gasteiger charge is -2.13. The maximum Gasteiger partial charge on any atom is 0.339 e. The number of ether oxygens (including phenoxy) is 1. The second-order valence-electron chi connectivity index (χ2n) is 7.29. The lowest BCUT2D eigenvalue weighted by atomic mass is 10.2. The molecule has 1 aliphatic heterocycles. The minimum atomic E-state index is -4.03. The fraction of sp³-hybridized carbons (Fsp3) is 0.0833. The molecule has 0 spiro atoms. The number of nitrogens with zero attached hydrogens (tertiary/aromatic N) is 1. The quantitative estimate of drug-likeness (QED) is 0.263. The molecule has 1 saturated heterocycles. The maximum absolute atomic E-state index is 12.8. The molecule has 0 radical (unpaired) electrons. The minimum absolute atomic E-state index is 0.0168. The van der Waals surface area contributed by atoms with Crippen LogP contribution in [0.2, 0.25) is 10.0 Å². The fourth-order valence-corrected chi connectivity index (χ4v) is 5.38. The molecule has 3 aromatic carbocycles. The summed E-state index contributed by atoms with van der Waals surface area (Å²) in [6.07, 6.45) is 1.55. The third kappa shape index (κ3) is 5.82. The molecule has 0 aromatic heterocycles. The van der Waals surface area contributed by atoms with Crippen molar-refractivity contribution in [3.63, 3.8) is 0 Å². The lowest BCUT2D eigenvalue weighted by molar-refractivity contribution is -0.123. The van der Waals surface area contributed by atoms with Gasteiger partial charge in [0.25, 0.3) is 11.1 Å². The Labute approximate surface area is 216 Å². The van der Waals surface area contributed by atoms with E-state index in [1.807, 2.05) is 0 Å². The Bertz CT molecular complexity index is 1420. The van der Waals surface area contributed by atoms with Crippen LogP contribution in [0.25, 0.3) is 6.08 Å². The molecule has 0 unspecified atom stereocenters. The highest BCUT2D eigenvalue weighted by molar-refractivity contribution is 8.18. The number of rotatable bonds is 7. The summed E-state index contributed by atoms with van der Waals surface area (Å²) in [5.41, 5.74) is 1.19. The van der Waals surface area contributed by atoms with Crippen LogP contribution >= 0.6 is 35.0 Å². The van der Waals surface area contributed by atoms with E-state index in [2.05, 4.69) is 0 Å². The van der Waals surface area contributed by atoms with Crippen LogP contribution in [-0.4, -0.2) is 31.6 Å². The third-order valence-corrected chi connectivity index (χ3v) is 7.70. The van der Waals surface area contributed by atoms with Gasteiger partial charge in [0.15, 0.2) is 0 Å². The second kappa shape index (κ2) is 10.3. The van der Waals surface area contributed by atoms with Gasteiger partial charge in [-0.2, -0.15) is 8.42 Å². The van der Waals surface area contributed by atoms with Crippen molar-refractivity contribution in [3.05, 3.63) is 92.8 Å². The zero-order valence-corrected chi connectivity index (χ0v) is 21.2. The molecule has 35 heavy (non-hydrogen) atoms. The predicted octanol–water partition coefficient (Wildman–Crippen LogP) is 6.01. The summed E-state index contributed by atoms with van der Waals surface area (Å²) in [6, 6.07) is 16.8. The van der Waals surface area contributed by atoms with Crippen LogP contribution in [0.1, 0.15) is 11.1 Å². The highest BCUT2D eigenvalue weighted by Crippen LogP contribution is 2.35. The number of hydrogen-bond donors (Lipinski definition) is 0. The van der Waals surface area contributed by atoms with Crippen LogP contribution in [-0.2, 0) is 21.5 Å². The summed E-state index contributed by atoms with van der Waals surface area (Å²) in [6.45, 7) is 0.0218. The molecule has 180 valence electrons. The molecule has 2 amide bonds. The normalized spacial score (nSPS) is 15.1. The molecule has 0 atom stereocenters. The van der Waals surface area contributed by atoms with Crippen molar-refractivity contribution >= 4 is 62.3 Å². The smallest absolute Gasteiger partial charge is 0.339 e. The van der Waals surface area contributed by atoms with Gasteiger partial charge < -0.3 is 8.92 Å². The first-order valence-electron chi connectivity index (χ1n) is 10.0. The van der Waals surface area contributed by atoms with Crippen molar-refractivity contribution in [2.24, 2.45) is 0 Å². The number of thioether (sulfide) groups is 1. The standard InChI is InChI=1S/C24H17Cl2NO6S2/c1-32-18-8-10-20(11-9-18)35(30,31)33-19-6-2-15(3-7-19)12-22-23(28)27(24(29)34-22)14-16-4-5-17(25)13-21(16)26/h2-13H,14H2,1H3/b22-12-. The Balaban J connectivity index is 1.46. The van der Waals surface area contributed by atoms with Crippen LogP contribution in [0.4, 0.5) is 4.79 Å².